The van der Waals surface area contributed by atoms with Crippen LogP contribution >= 0.6 is 11.8 Å². The Bertz CT molecular complexity index is 1040. The van der Waals surface area contributed by atoms with Gasteiger partial charge in [0.25, 0.3) is 0 Å². The zero-order chi connectivity index (χ0) is 19.6. The molecule has 0 bridgehead atoms. The van der Waals surface area contributed by atoms with E-state index in [1.807, 2.05) is 6.07 Å². The summed E-state index contributed by atoms with van der Waals surface area (Å²) in [5, 5.41) is 2.50. The molecule has 3 aromatic rings. The fraction of sp³-hybridized carbons (Fsp3) is 0.222. The van der Waals surface area contributed by atoms with Crippen LogP contribution < -0.4 is 11.0 Å². The number of amides is 1. The van der Waals surface area contributed by atoms with Crippen LogP contribution in [0.1, 0.15) is 6.42 Å². The molecule has 1 N–H and O–H groups in total. The highest BCUT2D eigenvalue weighted by atomic mass is 32.2. The number of thioether (sulfide) groups is 1. The average Bonchev–Trinajstić information content (AvgIpc) is 2.85. The van der Waals surface area contributed by atoms with E-state index >= 15 is 0 Å². The number of rotatable bonds is 5. The number of hydrogen-bond acceptors (Lipinski definition) is 3. The number of anilines is 1. The van der Waals surface area contributed by atoms with Crippen LogP contribution in [0.5, 0.6) is 0 Å². The molecule has 0 aliphatic carbocycles. The molecular weight excluding hydrogens is 379 g/mol. The maximum atomic E-state index is 12.6. The van der Waals surface area contributed by atoms with E-state index in [0.717, 1.165) is 5.52 Å². The number of carbonyl (C=O) groups excluding carboxylic acids is 1. The predicted octanol–water partition coefficient (Wildman–Crippen LogP) is 3.98. The van der Waals surface area contributed by atoms with Gasteiger partial charge in [-0.3, -0.25) is 13.9 Å². The number of alkyl halides is 3. The minimum atomic E-state index is -4.45. The molecule has 0 radical (unpaired) electrons. The molecular formula is C18H16F3N3O2S. The molecule has 0 spiro atoms. The van der Waals surface area contributed by atoms with Gasteiger partial charge in [-0.25, -0.2) is 4.79 Å². The van der Waals surface area contributed by atoms with Crippen molar-refractivity contribution in [3.05, 3.63) is 59.0 Å². The Balaban J connectivity index is 1.74. The van der Waals surface area contributed by atoms with E-state index in [4.69, 9.17) is 0 Å². The van der Waals surface area contributed by atoms with E-state index < -0.39 is 11.4 Å². The summed E-state index contributed by atoms with van der Waals surface area (Å²) in [6.45, 7) is 0.126. The van der Waals surface area contributed by atoms with Crippen molar-refractivity contribution in [3.8, 4) is 0 Å². The summed E-state index contributed by atoms with van der Waals surface area (Å²) in [6, 6.07) is 12.9. The predicted molar refractivity (Wildman–Crippen MR) is 98.8 cm³/mol. The molecule has 1 amide bonds. The van der Waals surface area contributed by atoms with Crippen LogP contribution in [0.2, 0.25) is 0 Å². The molecule has 0 atom stereocenters. The molecule has 27 heavy (non-hydrogen) atoms. The highest BCUT2D eigenvalue weighted by Gasteiger charge is 2.30. The molecule has 2 aromatic carbocycles. The summed E-state index contributed by atoms with van der Waals surface area (Å²) in [6.07, 6.45) is -0.0427. The number of hydrogen-bond donors (Lipinski definition) is 1. The summed E-state index contributed by atoms with van der Waals surface area (Å²) in [5.74, 6) is -0.468. The van der Waals surface area contributed by atoms with E-state index in [1.165, 1.54) is 27.3 Å². The lowest BCUT2D eigenvalue weighted by atomic mass is 10.3. The lowest BCUT2D eigenvalue weighted by molar-refractivity contribution is -0.116. The molecule has 0 aliphatic heterocycles. The minimum absolute atomic E-state index is 0.0427. The first-order valence-corrected chi connectivity index (χ1v) is 8.87. The third-order valence-corrected chi connectivity index (χ3v) is 4.81. The van der Waals surface area contributed by atoms with E-state index in [2.05, 4.69) is 5.32 Å². The van der Waals surface area contributed by atoms with Crippen molar-refractivity contribution < 1.29 is 18.0 Å². The van der Waals surface area contributed by atoms with Gasteiger partial charge in [0, 0.05) is 24.9 Å². The highest BCUT2D eigenvalue weighted by Crippen LogP contribution is 2.40. The molecule has 9 heteroatoms. The van der Waals surface area contributed by atoms with Crippen LogP contribution in [-0.2, 0) is 18.4 Å². The molecule has 1 heterocycles. The summed E-state index contributed by atoms with van der Waals surface area (Å²) < 4.78 is 40.9. The topological polar surface area (TPSA) is 56.0 Å². The number of nitrogens with zero attached hydrogens (tertiary/aromatic N) is 2. The van der Waals surface area contributed by atoms with Gasteiger partial charge in [-0.1, -0.05) is 24.3 Å². The van der Waals surface area contributed by atoms with Crippen LogP contribution in [0.4, 0.5) is 18.9 Å². The van der Waals surface area contributed by atoms with Crippen molar-refractivity contribution in [3.63, 3.8) is 0 Å². The Labute approximate surface area is 156 Å². The number of halogens is 3. The van der Waals surface area contributed by atoms with Gasteiger partial charge in [-0.2, -0.15) is 13.2 Å². The van der Waals surface area contributed by atoms with E-state index in [-0.39, 0.29) is 41.0 Å². The summed E-state index contributed by atoms with van der Waals surface area (Å²) in [4.78, 5) is 24.5. The maximum Gasteiger partial charge on any atom is 0.446 e. The fourth-order valence-corrected chi connectivity index (χ4v) is 3.41. The Morgan fingerprint density at radius 1 is 1.07 bits per heavy atom. The van der Waals surface area contributed by atoms with Gasteiger partial charge >= 0.3 is 11.2 Å². The number of fused-ring (bicyclic) bond motifs is 1. The van der Waals surface area contributed by atoms with E-state index in [9.17, 15) is 22.8 Å². The van der Waals surface area contributed by atoms with Gasteiger partial charge in [0.15, 0.2) is 0 Å². The molecule has 0 saturated heterocycles. The number of benzene rings is 2. The van der Waals surface area contributed by atoms with Gasteiger partial charge < -0.3 is 5.32 Å². The molecule has 0 fully saturated rings. The minimum Gasteiger partial charge on any atom is -0.325 e. The number of nitrogens with one attached hydrogen (secondary N) is 1. The maximum absolute atomic E-state index is 12.6. The molecule has 5 nitrogen and oxygen atoms in total. The Hall–Kier alpha value is -2.68. The zero-order valence-corrected chi connectivity index (χ0v) is 15.1. The SMILES string of the molecule is Cn1c(=O)n(CCC(=O)Nc2ccccc2SC(F)(F)F)c2ccccc21. The fourth-order valence-electron chi connectivity index (χ4n) is 2.79. The normalized spacial score (nSPS) is 11.7. The molecule has 142 valence electrons. The molecule has 0 unspecified atom stereocenters. The Morgan fingerprint density at radius 3 is 2.41 bits per heavy atom. The first-order valence-electron chi connectivity index (χ1n) is 8.05. The van der Waals surface area contributed by atoms with Crippen molar-refractivity contribution in [2.45, 2.75) is 23.4 Å². The third-order valence-electron chi connectivity index (χ3n) is 4.00. The van der Waals surface area contributed by atoms with Crippen LogP contribution in [-0.4, -0.2) is 20.5 Å². The van der Waals surface area contributed by atoms with Gasteiger partial charge in [0.05, 0.1) is 16.7 Å². The van der Waals surface area contributed by atoms with Gasteiger partial charge in [-0.15, -0.1) is 0 Å². The largest absolute Gasteiger partial charge is 0.446 e. The summed E-state index contributed by atoms with van der Waals surface area (Å²) in [5.41, 5.74) is -3.16. The number of para-hydroxylation sites is 3. The first-order chi connectivity index (χ1) is 12.8. The van der Waals surface area contributed by atoms with Crippen molar-refractivity contribution in [1.82, 2.24) is 9.13 Å². The lowest BCUT2D eigenvalue weighted by Crippen LogP contribution is -2.24. The Kier molecular flexibility index (Phi) is 5.31. The zero-order valence-electron chi connectivity index (χ0n) is 14.3. The Morgan fingerprint density at radius 2 is 1.70 bits per heavy atom. The monoisotopic (exact) mass is 395 g/mol. The van der Waals surface area contributed by atoms with Crippen LogP contribution in [0.25, 0.3) is 11.0 Å². The standard InChI is InChI=1S/C18H16F3N3O2S/c1-23-13-7-3-4-8-14(13)24(17(23)26)11-10-16(25)22-12-6-2-5-9-15(12)27-18(19,20)21/h2-9H,10-11H2,1H3,(H,22,25). The van der Waals surface area contributed by atoms with Crippen molar-refractivity contribution in [2.75, 3.05) is 5.32 Å². The van der Waals surface area contributed by atoms with Crippen LogP contribution in [0.15, 0.2) is 58.2 Å². The molecule has 1 aromatic heterocycles. The molecule has 0 aliphatic rings. The second-order valence-corrected chi connectivity index (χ2v) is 6.93. The van der Waals surface area contributed by atoms with Gasteiger partial charge in [-0.05, 0) is 36.0 Å². The number of aryl methyl sites for hydroxylation is 2. The van der Waals surface area contributed by atoms with Crippen molar-refractivity contribution >= 4 is 34.4 Å². The van der Waals surface area contributed by atoms with Crippen molar-refractivity contribution in [2.24, 2.45) is 7.05 Å². The highest BCUT2D eigenvalue weighted by molar-refractivity contribution is 8.00. The van der Waals surface area contributed by atoms with Gasteiger partial charge in [0.1, 0.15) is 0 Å². The average molecular weight is 395 g/mol. The van der Waals surface area contributed by atoms with Crippen molar-refractivity contribution in [1.29, 1.82) is 0 Å². The number of carbonyl (C=O) groups is 1. The second kappa shape index (κ2) is 7.51. The molecule has 3 rings (SSSR count). The first kappa shape index (κ1) is 19.1. The quantitative estimate of drug-likeness (QED) is 0.665. The van der Waals surface area contributed by atoms with Crippen LogP contribution in [0, 0.1) is 0 Å². The van der Waals surface area contributed by atoms with E-state index in [1.54, 1.807) is 31.3 Å². The second-order valence-electron chi connectivity index (χ2n) is 5.82. The smallest absolute Gasteiger partial charge is 0.325 e. The number of imidazole rings is 1. The molecule has 0 saturated carbocycles. The van der Waals surface area contributed by atoms with Crippen LogP contribution in [0.3, 0.4) is 0 Å². The summed E-state index contributed by atoms with van der Waals surface area (Å²) in [7, 11) is 1.64. The third kappa shape index (κ3) is 4.36. The van der Waals surface area contributed by atoms with Gasteiger partial charge in [0.2, 0.25) is 5.91 Å². The number of aromatic nitrogens is 2. The lowest BCUT2D eigenvalue weighted by Gasteiger charge is -2.12. The summed E-state index contributed by atoms with van der Waals surface area (Å²) >= 11 is -0.282. The van der Waals surface area contributed by atoms with E-state index in [0.29, 0.717) is 5.52 Å².